The Morgan fingerprint density at radius 3 is 2.00 bits per heavy atom. The van der Waals surface area contributed by atoms with Crippen LogP contribution in [-0.2, 0) is 10.0 Å². The second-order valence-corrected chi connectivity index (χ2v) is 8.62. The fraction of sp³-hybridized carbons (Fsp3) is 1.00. The predicted molar refractivity (Wildman–Crippen MR) is 83.2 cm³/mol. The zero-order valence-corrected chi connectivity index (χ0v) is 13.8. The number of rotatable bonds is 5. The summed E-state index contributed by atoms with van der Waals surface area (Å²) in [5.41, 5.74) is 0. The lowest BCUT2D eigenvalue weighted by molar-refractivity contribution is 0.229. The summed E-state index contributed by atoms with van der Waals surface area (Å²) in [5.74, 6) is 1.16. The van der Waals surface area contributed by atoms with Gasteiger partial charge in [0.25, 0.3) is 0 Å². The van der Waals surface area contributed by atoms with E-state index in [1.807, 2.05) is 0 Å². The molecule has 4 nitrogen and oxygen atoms in total. The van der Waals surface area contributed by atoms with Crippen LogP contribution in [0.1, 0.15) is 58.8 Å². The molecule has 0 unspecified atom stereocenters. The molecule has 1 saturated heterocycles. The quantitative estimate of drug-likeness (QED) is 0.848. The summed E-state index contributed by atoms with van der Waals surface area (Å²) in [4.78, 5) is 0. The molecule has 2 fully saturated rings. The molecule has 1 saturated carbocycles. The molecule has 5 heteroatoms. The van der Waals surface area contributed by atoms with Gasteiger partial charge in [-0.3, -0.25) is 0 Å². The molecule has 1 N–H and O–H groups in total. The topological polar surface area (TPSA) is 49.4 Å². The van der Waals surface area contributed by atoms with E-state index in [9.17, 15) is 8.42 Å². The molecule has 0 aromatic rings. The first-order valence-corrected chi connectivity index (χ1v) is 9.90. The summed E-state index contributed by atoms with van der Waals surface area (Å²) in [6, 6.07) is 1.18. The fourth-order valence-electron chi connectivity index (χ4n) is 3.55. The van der Waals surface area contributed by atoms with Crippen molar-refractivity contribution in [1.82, 2.24) is 9.62 Å². The van der Waals surface area contributed by atoms with Crippen LogP contribution in [0.4, 0.5) is 0 Å². The lowest BCUT2D eigenvalue weighted by Gasteiger charge is -2.36. The molecule has 0 spiro atoms. The van der Waals surface area contributed by atoms with Gasteiger partial charge in [-0.1, -0.05) is 13.3 Å². The molecule has 0 atom stereocenters. The summed E-state index contributed by atoms with van der Waals surface area (Å²) in [6.45, 7) is 5.41. The van der Waals surface area contributed by atoms with Crippen LogP contribution in [0.2, 0.25) is 0 Å². The highest BCUT2D eigenvalue weighted by atomic mass is 32.2. The Kier molecular flexibility index (Phi) is 5.87. The molecule has 118 valence electrons. The lowest BCUT2D eigenvalue weighted by atomic mass is 9.84. The molecule has 0 aromatic carbocycles. The molecule has 20 heavy (non-hydrogen) atoms. The molecule has 1 aliphatic heterocycles. The van der Waals surface area contributed by atoms with Gasteiger partial charge in [0.05, 0.1) is 5.75 Å². The van der Waals surface area contributed by atoms with Gasteiger partial charge in [-0.2, -0.15) is 0 Å². The van der Waals surface area contributed by atoms with E-state index in [2.05, 4.69) is 12.2 Å². The molecule has 1 heterocycles. The molecule has 0 bridgehead atoms. The lowest BCUT2D eigenvalue weighted by Crippen LogP contribution is -2.48. The minimum atomic E-state index is -2.98. The average Bonchev–Trinajstić information content (AvgIpc) is 2.48. The molecular formula is C15H30N2O2S. The normalized spacial score (nSPS) is 30.5. The van der Waals surface area contributed by atoms with E-state index < -0.39 is 10.0 Å². The van der Waals surface area contributed by atoms with E-state index in [1.165, 1.54) is 32.1 Å². The SMILES string of the molecule is CCC1CCC(NC2CCN(S(=O)(=O)CC)CC2)CC1. The van der Waals surface area contributed by atoms with E-state index in [0.717, 1.165) is 18.8 Å². The molecular weight excluding hydrogens is 272 g/mol. The Bertz CT molecular complexity index is 381. The van der Waals surface area contributed by atoms with E-state index in [0.29, 0.717) is 25.2 Å². The number of nitrogens with zero attached hydrogens (tertiary/aromatic N) is 1. The zero-order valence-electron chi connectivity index (χ0n) is 13.0. The first kappa shape index (κ1) is 16.2. The van der Waals surface area contributed by atoms with Gasteiger partial charge in [0.1, 0.15) is 0 Å². The van der Waals surface area contributed by atoms with Crippen LogP contribution in [0, 0.1) is 5.92 Å². The van der Waals surface area contributed by atoms with Crippen molar-refractivity contribution >= 4 is 10.0 Å². The van der Waals surface area contributed by atoms with Gasteiger partial charge in [-0.05, 0) is 51.4 Å². The van der Waals surface area contributed by atoms with Gasteiger partial charge in [0, 0.05) is 25.2 Å². The molecule has 0 aromatic heterocycles. The van der Waals surface area contributed by atoms with Crippen molar-refractivity contribution in [2.24, 2.45) is 5.92 Å². The third kappa shape index (κ3) is 4.18. The second kappa shape index (κ2) is 7.23. The number of hydrogen-bond donors (Lipinski definition) is 1. The number of sulfonamides is 1. The van der Waals surface area contributed by atoms with Crippen molar-refractivity contribution in [1.29, 1.82) is 0 Å². The van der Waals surface area contributed by atoms with Crippen molar-refractivity contribution < 1.29 is 8.42 Å². The highest BCUT2D eigenvalue weighted by Gasteiger charge is 2.28. The first-order chi connectivity index (χ1) is 9.55. The maximum atomic E-state index is 11.8. The Labute approximate surface area is 124 Å². The van der Waals surface area contributed by atoms with Crippen molar-refractivity contribution in [3.8, 4) is 0 Å². The maximum Gasteiger partial charge on any atom is 0.213 e. The van der Waals surface area contributed by atoms with Crippen molar-refractivity contribution in [3.05, 3.63) is 0 Å². The van der Waals surface area contributed by atoms with Gasteiger partial charge in [0.2, 0.25) is 10.0 Å². The zero-order chi connectivity index (χ0) is 14.6. The van der Waals surface area contributed by atoms with Crippen molar-refractivity contribution in [2.45, 2.75) is 70.9 Å². The van der Waals surface area contributed by atoms with E-state index >= 15 is 0 Å². The van der Waals surface area contributed by atoms with Gasteiger partial charge in [-0.15, -0.1) is 0 Å². The molecule has 1 aliphatic carbocycles. The van der Waals surface area contributed by atoms with Crippen LogP contribution in [-0.4, -0.2) is 43.6 Å². The smallest absolute Gasteiger partial charge is 0.213 e. The molecule has 0 amide bonds. The Hall–Kier alpha value is -0.130. The first-order valence-electron chi connectivity index (χ1n) is 8.29. The number of nitrogens with one attached hydrogen (secondary N) is 1. The molecule has 2 aliphatic rings. The van der Waals surface area contributed by atoms with Gasteiger partial charge in [-0.25, -0.2) is 12.7 Å². The van der Waals surface area contributed by atoms with Gasteiger partial charge >= 0.3 is 0 Å². The van der Waals surface area contributed by atoms with Crippen LogP contribution in [0.25, 0.3) is 0 Å². The fourth-order valence-corrected chi connectivity index (χ4v) is 4.69. The van der Waals surface area contributed by atoms with Crippen LogP contribution in [0.3, 0.4) is 0 Å². The Morgan fingerprint density at radius 2 is 1.50 bits per heavy atom. The van der Waals surface area contributed by atoms with Gasteiger partial charge in [0.15, 0.2) is 0 Å². The van der Waals surface area contributed by atoms with Gasteiger partial charge < -0.3 is 5.32 Å². The molecule has 0 radical (unpaired) electrons. The van der Waals surface area contributed by atoms with E-state index in [1.54, 1.807) is 11.2 Å². The van der Waals surface area contributed by atoms with E-state index in [4.69, 9.17) is 0 Å². The summed E-state index contributed by atoms with van der Waals surface area (Å²) < 4.78 is 25.3. The summed E-state index contributed by atoms with van der Waals surface area (Å²) in [7, 11) is -2.98. The summed E-state index contributed by atoms with van der Waals surface area (Å²) in [5, 5.41) is 3.77. The third-order valence-electron chi connectivity index (χ3n) is 5.11. The Morgan fingerprint density at radius 1 is 0.950 bits per heavy atom. The van der Waals surface area contributed by atoms with Crippen molar-refractivity contribution in [3.63, 3.8) is 0 Å². The van der Waals surface area contributed by atoms with Crippen LogP contribution in [0.15, 0.2) is 0 Å². The minimum absolute atomic E-state index is 0.228. The monoisotopic (exact) mass is 302 g/mol. The largest absolute Gasteiger partial charge is 0.311 e. The van der Waals surface area contributed by atoms with Crippen LogP contribution in [0.5, 0.6) is 0 Å². The standard InChI is InChI=1S/C15H30N2O2S/c1-3-13-5-7-14(8-6-13)16-15-9-11-17(12-10-15)20(18,19)4-2/h13-16H,3-12H2,1-2H3. The summed E-state index contributed by atoms with van der Waals surface area (Å²) >= 11 is 0. The second-order valence-electron chi connectivity index (χ2n) is 6.37. The van der Waals surface area contributed by atoms with Crippen LogP contribution < -0.4 is 5.32 Å². The number of hydrogen-bond acceptors (Lipinski definition) is 3. The molecule has 2 rings (SSSR count). The average molecular weight is 302 g/mol. The minimum Gasteiger partial charge on any atom is -0.311 e. The van der Waals surface area contributed by atoms with Crippen molar-refractivity contribution in [2.75, 3.05) is 18.8 Å². The third-order valence-corrected chi connectivity index (χ3v) is 6.99. The predicted octanol–water partition coefficient (Wildman–Crippen LogP) is 2.36. The number of piperidine rings is 1. The highest BCUT2D eigenvalue weighted by Crippen LogP contribution is 2.27. The maximum absolute atomic E-state index is 11.8. The highest BCUT2D eigenvalue weighted by molar-refractivity contribution is 7.89. The van der Waals surface area contributed by atoms with Crippen LogP contribution >= 0.6 is 0 Å². The van der Waals surface area contributed by atoms with E-state index in [-0.39, 0.29) is 5.75 Å². The summed E-state index contributed by atoms with van der Waals surface area (Å²) in [6.07, 6.45) is 8.56. The Balaban J connectivity index is 1.72.